The molecule has 0 heterocycles. The van der Waals surface area contributed by atoms with Crippen molar-refractivity contribution < 1.29 is 44.1 Å². The van der Waals surface area contributed by atoms with Crippen LogP contribution in [-0.2, 0) is 48.0 Å². The normalized spacial score (nSPS) is 13.9. The van der Waals surface area contributed by atoms with Crippen molar-refractivity contribution in [1.82, 2.24) is 26.6 Å². The van der Waals surface area contributed by atoms with Crippen LogP contribution >= 0.6 is 0 Å². The van der Waals surface area contributed by atoms with Crippen LogP contribution in [0.5, 0.6) is 11.5 Å². The van der Waals surface area contributed by atoms with Crippen molar-refractivity contribution in [2.45, 2.75) is 113 Å². The third-order valence-corrected chi connectivity index (χ3v) is 10.4. The van der Waals surface area contributed by atoms with Gasteiger partial charge in [0.15, 0.2) is 0 Å². The van der Waals surface area contributed by atoms with E-state index >= 15 is 0 Å². The molecule has 0 aliphatic carbocycles. The second-order valence-corrected chi connectivity index (χ2v) is 15.5. The van der Waals surface area contributed by atoms with E-state index in [1.54, 1.807) is 42.5 Å². The van der Waals surface area contributed by atoms with Gasteiger partial charge in [0.2, 0.25) is 29.5 Å². The fourth-order valence-corrected chi connectivity index (χ4v) is 6.73. The predicted octanol–water partition coefficient (Wildman–Crippen LogP) is 0.349. The molecule has 0 spiro atoms. The van der Waals surface area contributed by atoms with Crippen molar-refractivity contribution in [1.29, 1.82) is 0 Å². The number of carboxylic acids is 1. The average Bonchev–Trinajstić information content (AvgIpc) is 3.26. The van der Waals surface area contributed by atoms with E-state index in [-0.39, 0.29) is 43.6 Å². The Morgan fingerprint density at radius 1 is 0.429 bits per heavy atom. The number of carboxylic acid groups (broad SMARTS) is 1. The highest BCUT2D eigenvalue weighted by Gasteiger charge is 2.33. The molecule has 0 aliphatic heterocycles. The van der Waals surface area contributed by atoms with Crippen LogP contribution < -0.4 is 49.5 Å². The van der Waals surface area contributed by atoms with Gasteiger partial charge in [-0.05, 0) is 112 Å². The molecule has 3 aromatic rings. The van der Waals surface area contributed by atoms with Gasteiger partial charge in [0.1, 0.15) is 41.7 Å². The molecule has 0 aromatic heterocycles. The standard InChI is InChI=1S/C45H65N9O9/c46-23-7-4-12-34(49)40(57)50-35(13-5-8-24-47)41(58)51-36(14-6-9-25-48)42(59)52-37(26-29-10-2-1-3-11-29)43(60)53-38(27-30-15-19-32(55)20-16-30)44(61)54-39(45(62)63)28-31-17-21-33(56)22-18-31/h1-3,10-11,15-22,34-39,55-56H,4-9,12-14,23-28,46-49H2,(H,50,57)(H,51,58)(H,52,59)(H,53,60)(H,54,61)(H,62,63)/t34-,35-,36-,37-,38-,39-/m0/s1. The number of aliphatic carboxylic acids is 1. The van der Waals surface area contributed by atoms with Gasteiger partial charge in [-0.1, -0.05) is 61.0 Å². The minimum atomic E-state index is -1.42. The number of carbonyl (C=O) groups excluding carboxylic acids is 5. The first-order chi connectivity index (χ1) is 30.2. The van der Waals surface area contributed by atoms with Crippen LogP contribution in [0.15, 0.2) is 78.9 Å². The minimum Gasteiger partial charge on any atom is -0.508 e. The first-order valence-electron chi connectivity index (χ1n) is 21.4. The molecule has 0 fully saturated rings. The van der Waals surface area contributed by atoms with Gasteiger partial charge >= 0.3 is 5.97 Å². The van der Waals surface area contributed by atoms with Gasteiger partial charge in [0.05, 0.1) is 6.04 Å². The molecule has 0 radical (unpaired) electrons. The number of phenolic OH excluding ortho intramolecular Hbond substituents is 2. The second kappa shape index (κ2) is 27.8. The van der Waals surface area contributed by atoms with Crippen molar-refractivity contribution in [3.8, 4) is 11.5 Å². The van der Waals surface area contributed by atoms with Crippen molar-refractivity contribution in [3.05, 3.63) is 95.6 Å². The van der Waals surface area contributed by atoms with Crippen LogP contribution in [0.1, 0.15) is 74.5 Å². The second-order valence-electron chi connectivity index (χ2n) is 15.5. The summed E-state index contributed by atoms with van der Waals surface area (Å²) < 4.78 is 0. The largest absolute Gasteiger partial charge is 0.508 e. The summed E-state index contributed by atoms with van der Waals surface area (Å²) in [6.45, 7) is 1.14. The Balaban J connectivity index is 1.91. The fourth-order valence-electron chi connectivity index (χ4n) is 6.73. The summed E-state index contributed by atoms with van der Waals surface area (Å²) in [5, 5.41) is 43.2. The molecule has 3 rings (SSSR count). The van der Waals surface area contributed by atoms with Gasteiger partial charge < -0.3 is 64.8 Å². The summed E-state index contributed by atoms with van der Waals surface area (Å²) >= 11 is 0. The van der Waals surface area contributed by atoms with Gasteiger partial charge in [-0.15, -0.1) is 0 Å². The van der Waals surface area contributed by atoms with Crippen LogP contribution in [-0.4, -0.2) is 107 Å². The zero-order valence-electron chi connectivity index (χ0n) is 35.7. The van der Waals surface area contributed by atoms with E-state index in [1.165, 1.54) is 36.4 Å². The van der Waals surface area contributed by atoms with Gasteiger partial charge in [0, 0.05) is 19.3 Å². The van der Waals surface area contributed by atoms with Crippen LogP contribution in [0.4, 0.5) is 0 Å². The smallest absolute Gasteiger partial charge is 0.326 e. The molecule has 6 atom stereocenters. The minimum absolute atomic E-state index is 0.0192. The number of hydrogen-bond donors (Lipinski definition) is 12. The van der Waals surface area contributed by atoms with Crippen molar-refractivity contribution in [2.24, 2.45) is 22.9 Å². The van der Waals surface area contributed by atoms with Crippen LogP contribution in [0.3, 0.4) is 0 Å². The lowest BCUT2D eigenvalue weighted by atomic mass is 10.0. The van der Waals surface area contributed by atoms with E-state index in [2.05, 4.69) is 26.6 Å². The maximum Gasteiger partial charge on any atom is 0.326 e. The monoisotopic (exact) mass is 875 g/mol. The number of amides is 5. The predicted molar refractivity (Wildman–Crippen MR) is 238 cm³/mol. The molecule has 0 bridgehead atoms. The Hall–Kier alpha value is -6.08. The van der Waals surface area contributed by atoms with Crippen molar-refractivity contribution in [2.75, 3.05) is 19.6 Å². The number of nitrogens with one attached hydrogen (secondary N) is 5. The number of carbonyl (C=O) groups is 6. The van der Waals surface area contributed by atoms with E-state index in [1.807, 2.05) is 0 Å². The molecule has 18 heteroatoms. The molecule has 344 valence electrons. The summed E-state index contributed by atoms with van der Waals surface area (Å²) in [6.07, 6.45) is 3.80. The third-order valence-electron chi connectivity index (χ3n) is 10.4. The van der Waals surface area contributed by atoms with Crippen molar-refractivity contribution in [3.63, 3.8) is 0 Å². The molecule has 3 aromatic carbocycles. The summed E-state index contributed by atoms with van der Waals surface area (Å²) in [5.41, 5.74) is 24.9. The molecule has 63 heavy (non-hydrogen) atoms. The van der Waals surface area contributed by atoms with Crippen molar-refractivity contribution >= 4 is 35.5 Å². The third kappa shape index (κ3) is 18.8. The SMILES string of the molecule is NCCCC[C@H](NC(=O)[C@H](CCCCN)NC(=O)[C@@H](N)CCCCN)C(=O)N[C@@H](Cc1ccccc1)C(=O)N[C@@H](Cc1ccc(O)cc1)C(=O)N[C@@H](Cc1ccc(O)cc1)C(=O)O. The molecule has 5 amide bonds. The van der Waals surface area contributed by atoms with Gasteiger partial charge in [-0.25, -0.2) is 4.79 Å². The zero-order valence-corrected chi connectivity index (χ0v) is 35.7. The molecule has 0 saturated heterocycles. The Labute approximate surface area is 368 Å². The Morgan fingerprint density at radius 2 is 0.762 bits per heavy atom. The van der Waals surface area contributed by atoms with Crippen LogP contribution in [0.2, 0.25) is 0 Å². The summed E-state index contributed by atoms with van der Waals surface area (Å²) in [5.74, 6) is -4.86. The number of benzene rings is 3. The van der Waals surface area contributed by atoms with Gasteiger partial charge in [-0.3, -0.25) is 24.0 Å². The molecular formula is C45H65N9O9. The number of nitrogens with two attached hydrogens (primary N) is 4. The summed E-state index contributed by atoms with van der Waals surface area (Å²) in [7, 11) is 0. The first kappa shape index (κ1) is 51.3. The summed E-state index contributed by atoms with van der Waals surface area (Å²) in [6, 6.07) is 13.4. The quantitative estimate of drug-likeness (QED) is 0.0420. The number of rotatable bonds is 29. The lowest BCUT2D eigenvalue weighted by molar-refractivity contribution is -0.142. The van der Waals surface area contributed by atoms with E-state index in [9.17, 15) is 44.1 Å². The van der Waals surface area contributed by atoms with Crippen LogP contribution in [0, 0.1) is 0 Å². The molecule has 16 N–H and O–H groups in total. The summed E-state index contributed by atoms with van der Waals surface area (Å²) in [4.78, 5) is 81.9. The Bertz CT molecular complexity index is 1890. The highest BCUT2D eigenvalue weighted by atomic mass is 16.4. The van der Waals surface area contributed by atoms with Gasteiger partial charge in [-0.2, -0.15) is 0 Å². The molecule has 0 aliphatic rings. The van der Waals surface area contributed by atoms with E-state index in [0.29, 0.717) is 81.3 Å². The Morgan fingerprint density at radius 3 is 1.17 bits per heavy atom. The lowest BCUT2D eigenvalue weighted by Crippen LogP contribution is -2.60. The van der Waals surface area contributed by atoms with Gasteiger partial charge in [0.25, 0.3) is 0 Å². The molecule has 18 nitrogen and oxygen atoms in total. The lowest BCUT2D eigenvalue weighted by Gasteiger charge is -2.27. The number of phenols is 2. The maximum absolute atomic E-state index is 14.4. The van der Waals surface area contributed by atoms with Crippen LogP contribution in [0.25, 0.3) is 0 Å². The highest BCUT2D eigenvalue weighted by molar-refractivity contribution is 5.96. The number of aromatic hydroxyl groups is 2. The Kier molecular flexibility index (Phi) is 22.6. The number of unbranched alkanes of at least 4 members (excludes halogenated alkanes) is 3. The molecule has 0 saturated carbocycles. The maximum atomic E-state index is 14.4. The van der Waals surface area contributed by atoms with E-state index in [0.717, 1.165) is 0 Å². The molecule has 0 unspecified atom stereocenters. The van der Waals surface area contributed by atoms with E-state index in [4.69, 9.17) is 22.9 Å². The van der Waals surface area contributed by atoms with E-state index < -0.39 is 71.8 Å². The zero-order chi connectivity index (χ0) is 46.1. The topological polar surface area (TPSA) is 327 Å². The first-order valence-corrected chi connectivity index (χ1v) is 21.4. The highest BCUT2D eigenvalue weighted by Crippen LogP contribution is 2.15. The number of hydrogen-bond acceptors (Lipinski definition) is 12. The molecular weight excluding hydrogens is 811 g/mol. The average molecular weight is 876 g/mol. The fraction of sp³-hybridized carbons (Fsp3) is 0.467.